The number of aromatic nitrogens is 5. The Morgan fingerprint density at radius 2 is 2.07 bits per heavy atom. The zero-order valence-electron chi connectivity index (χ0n) is 14.4. The number of nitrogens with two attached hydrogens (primary N) is 1. The van der Waals surface area contributed by atoms with Crippen LogP contribution in [0.25, 0.3) is 22.4 Å². The molecule has 0 bridgehead atoms. The van der Waals surface area contributed by atoms with Crippen LogP contribution in [0.4, 0.5) is 11.6 Å². The second-order valence-corrected chi connectivity index (χ2v) is 6.06. The minimum Gasteiger partial charge on any atom is -0.368 e. The van der Waals surface area contributed by atoms with E-state index in [0.717, 1.165) is 10.9 Å². The molecule has 0 radical (unpaired) electrons. The zero-order chi connectivity index (χ0) is 19.0. The predicted molar refractivity (Wildman–Crippen MR) is 99.9 cm³/mol. The molecule has 0 aliphatic rings. The van der Waals surface area contributed by atoms with E-state index in [2.05, 4.69) is 20.1 Å². The van der Waals surface area contributed by atoms with Crippen molar-refractivity contribution in [3.63, 3.8) is 0 Å². The van der Waals surface area contributed by atoms with Crippen LogP contribution in [0.15, 0.2) is 48.8 Å². The SMILES string of the molecule is Cc1cc(Cn2ncc3c(-c4ccccn4)nc(N)nc32)ccc1[N+](=O)[O-]. The van der Waals surface area contributed by atoms with E-state index in [-0.39, 0.29) is 11.6 Å². The van der Waals surface area contributed by atoms with Gasteiger partial charge < -0.3 is 5.73 Å². The van der Waals surface area contributed by atoms with E-state index in [1.54, 1.807) is 36.1 Å². The number of anilines is 1. The molecule has 0 fully saturated rings. The molecular formula is C18H15N7O2. The third kappa shape index (κ3) is 3.06. The van der Waals surface area contributed by atoms with Gasteiger partial charge >= 0.3 is 0 Å². The van der Waals surface area contributed by atoms with E-state index in [4.69, 9.17) is 5.73 Å². The second-order valence-electron chi connectivity index (χ2n) is 6.06. The molecule has 9 heteroatoms. The predicted octanol–water partition coefficient (Wildman–Crippen LogP) is 2.74. The van der Waals surface area contributed by atoms with Gasteiger partial charge in [0.1, 0.15) is 5.69 Å². The van der Waals surface area contributed by atoms with Crippen molar-refractivity contribution in [1.82, 2.24) is 24.7 Å². The van der Waals surface area contributed by atoms with Gasteiger partial charge in [0.05, 0.1) is 28.7 Å². The van der Waals surface area contributed by atoms with E-state index in [0.29, 0.717) is 29.1 Å². The summed E-state index contributed by atoms with van der Waals surface area (Å²) < 4.78 is 1.69. The van der Waals surface area contributed by atoms with Gasteiger partial charge in [0.25, 0.3) is 5.69 Å². The standard InChI is InChI=1S/C18H15N7O2/c1-11-8-12(5-6-15(11)25(26)27)10-24-17-13(9-21-24)16(22-18(19)23-17)14-4-2-3-7-20-14/h2-9H,10H2,1H3,(H2,19,22,23). The number of nitrogen functional groups attached to an aromatic ring is 1. The minimum absolute atomic E-state index is 0.0908. The number of nitrogens with zero attached hydrogens (tertiary/aromatic N) is 6. The molecule has 0 aliphatic heterocycles. The molecule has 3 heterocycles. The molecule has 0 saturated carbocycles. The van der Waals surface area contributed by atoms with Crippen molar-refractivity contribution in [2.24, 2.45) is 0 Å². The molecule has 4 rings (SSSR count). The van der Waals surface area contributed by atoms with Crippen molar-refractivity contribution in [2.75, 3.05) is 5.73 Å². The van der Waals surface area contributed by atoms with Crippen molar-refractivity contribution in [3.05, 3.63) is 70.0 Å². The second kappa shape index (κ2) is 6.45. The smallest absolute Gasteiger partial charge is 0.272 e. The molecule has 0 unspecified atom stereocenters. The molecule has 0 saturated heterocycles. The highest BCUT2D eigenvalue weighted by Gasteiger charge is 2.15. The van der Waals surface area contributed by atoms with Crippen LogP contribution in [0, 0.1) is 17.0 Å². The lowest BCUT2D eigenvalue weighted by Gasteiger charge is -2.07. The topological polar surface area (TPSA) is 126 Å². The number of fused-ring (bicyclic) bond motifs is 1. The van der Waals surface area contributed by atoms with Gasteiger partial charge in [-0.05, 0) is 30.7 Å². The summed E-state index contributed by atoms with van der Waals surface area (Å²) >= 11 is 0. The maximum Gasteiger partial charge on any atom is 0.272 e. The van der Waals surface area contributed by atoms with Gasteiger partial charge in [-0.3, -0.25) is 15.1 Å². The first-order valence-corrected chi connectivity index (χ1v) is 8.17. The monoisotopic (exact) mass is 361 g/mol. The Morgan fingerprint density at radius 3 is 2.78 bits per heavy atom. The Labute approximate surface area is 153 Å². The van der Waals surface area contributed by atoms with Crippen LogP contribution >= 0.6 is 0 Å². The van der Waals surface area contributed by atoms with E-state index >= 15 is 0 Å². The lowest BCUT2D eigenvalue weighted by atomic mass is 10.1. The van der Waals surface area contributed by atoms with E-state index < -0.39 is 4.92 Å². The third-order valence-corrected chi connectivity index (χ3v) is 4.21. The van der Waals surface area contributed by atoms with Gasteiger partial charge in [-0.15, -0.1) is 0 Å². The average Bonchev–Trinajstić information content (AvgIpc) is 3.04. The fraction of sp³-hybridized carbons (Fsp3) is 0.111. The minimum atomic E-state index is -0.393. The number of nitro benzene ring substituents is 1. The van der Waals surface area contributed by atoms with Crippen LogP contribution in [-0.4, -0.2) is 29.7 Å². The normalized spacial score (nSPS) is 11.0. The molecule has 0 amide bonds. The maximum atomic E-state index is 11.0. The summed E-state index contributed by atoms with van der Waals surface area (Å²) in [5.74, 6) is 0.129. The van der Waals surface area contributed by atoms with E-state index in [1.807, 2.05) is 18.2 Å². The molecule has 4 aromatic rings. The van der Waals surface area contributed by atoms with Crippen LogP contribution in [0.3, 0.4) is 0 Å². The summed E-state index contributed by atoms with van der Waals surface area (Å²) in [6.07, 6.45) is 3.36. The summed E-state index contributed by atoms with van der Waals surface area (Å²) in [6, 6.07) is 10.5. The molecule has 134 valence electrons. The molecule has 1 aromatic carbocycles. The Hall–Kier alpha value is -3.88. The molecule has 27 heavy (non-hydrogen) atoms. The fourth-order valence-corrected chi connectivity index (χ4v) is 2.98. The van der Waals surface area contributed by atoms with Crippen LogP contribution in [0.5, 0.6) is 0 Å². The summed E-state index contributed by atoms with van der Waals surface area (Å²) in [7, 11) is 0. The summed E-state index contributed by atoms with van der Waals surface area (Å²) in [6.45, 7) is 2.11. The number of aryl methyl sites for hydroxylation is 1. The summed E-state index contributed by atoms with van der Waals surface area (Å²) in [4.78, 5) is 23.5. The van der Waals surface area contributed by atoms with Crippen molar-refractivity contribution in [3.8, 4) is 11.4 Å². The van der Waals surface area contributed by atoms with Crippen molar-refractivity contribution in [1.29, 1.82) is 0 Å². The van der Waals surface area contributed by atoms with Crippen molar-refractivity contribution in [2.45, 2.75) is 13.5 Å². The Balaban J connectivity index is 1.77. The molecular weight excluding hydrogens is 346 g/mol. The summed E-state index contributed by atoms with van der Waals surface area (Å²) in [5.41, 5.74) is 9.34. The highest BCUT2D eigenvalue weighted by molar-refractivity contribution is 5.89. The molecule has 3 aromatic heterocycles. The molecule has 9 nitrogen and oxygen atoms in total. The van der Waals surface area contributed by atoms with Crippen LogP contribution in [-0.2, 0) is 6.54 Å². The van der Waals surface area contributed by atoms with Crippen LogP contribution < -0.4 is 5.73 Å². The van der Waals surface area contributed by atoms with Gasteiger partial charge in [0.15, 0.2) is 5.65 Å². The Bertz CT molecular complexity index is 1160. The number of pyridine rings is 1. The maximum absolute atomic E-state index is 11.0. The van der Waals surface area contributed by atoms with E-state index in [1.165, 1.54) is 6.07 Å². The van der Waals surface area contributed by atoms with Gasteiger partial charge in [-0.1, -0.05) is 12.1 Å². The number of rotatable bonds is 4. The van der Waals surface area contributed by atoms with Gasteiger partial charge in [-0.25, -0.2) is 9.67 Å². The molecule has 0 aliphatic carbocycles. The average molecular weight is 361 g/mol. The number of nitro groups is 1. The fourth-order valence-electron chi connectivity index (χ4n) is 2.98. The summed E-state index contributed by atoms with van der Waals surface area (Å²) in [5, 5.41) is 16.1. The van der Waals surface area contributed by atoms with Crippen molar-refractivity contribution >= 4 is 22.7 Å². The first-order valence-electron chi connectivity index (χ1n) is 8.17. The van der Waals surface area contributed by atoms with E-state index in [9.17, 15) is 10.1 Å². The largest absolute Gasteiger partial charge is 0.368 e. The number of hydrogen-bond acceptors (Lipinski definition) is 7. The van der Waals surface area contributed by atoms with Gasteiger partial charge in [0, 0.05) is 17.8 Å². The van der Waals surface area contributed by atoms with Gasteiger partial charge in [0.2, 0.25) is 5.95 Å². The third-order valence-electron chi connectivity index (χ3n) is 4.21. The van der Waals surface area contributed by atoms with Crippen LogP contribution in [0.2, 0.25) is 0 Å². The first-order chi connectivity index (χ1) is 13.0. The van der Waals surface area contributed by atoms with Crippen LogP contribution in [0.1, 0.15) is 11.1 Å². The first kappa shape index (κ1) is 16.6. The lowest BCUT2D eigenvalue weighted by molar-refractivity contribution is -0.385. The van der Waals surface area contributed by atoms with Gasteiger partial charge in [-0.2, -0.15) is 10.1 Å². The zero-order valence-corrected chi connectivity index (χ0v) is 14.4. The molecule has 0 spiro atoms. The Morgan fingerprint density at radius 1 is 1.22 bits per heavy atom. The quantitative estimate of drug-likeness (QED) is 0.437. The highest BCUT2D eigenvalue weighted by Crippen LogP contribution is 2.26. The highest BCUT2D eigenvalue weighted by atomic mass is 16.6. The Kier molecular flexibility index (Phi) is 3.96. The number of hydrogen-bond donors (Lipinski definition) is 1. The lowest BCUT2D eigenvalue weighted by Crippen LogP contribution is -2.06. The molecule has 2 N–H and O–H groups in total. The molecule has 0 atom stereocenters. The number of benzene rings is 1. The van der Waals surface area contributed by atoms with Crippen molar-refractivity contribution < 1.29 is 4.92 Å².